The highest BCUT2D eigenvalue weighted by Crippen LogP contribution is 2.37. The standard InChI is InChI=1S/C28H39N3O3/c1-6-8-16-23(32)19-31(21(3)7-2)20-24-27(22-14-10-9-11-15-22)29-30(4)28(24)34-26-18-13-12-17-25(26)33-5/h9-15,17-18,21,23,32H,6-8,16,19-20H2,1-5H3/t21-,23+/m0/s1. The van der Waals surface area contributed by atoms with E-state index in [0.717, 1.165) is 42.5 Å². The summed E-state index contributed by atoms with van der Waals surface area (Å²) in [6.45, 7) is 7.80. The molecule has 3 rings (SSSR count). The molecule has 0 bridgehead atoms. The molecule has 0 saturated carbocycles. The summed E-state index contributed by atoms with van der Waals surface area (Å²) >= 11 is 0. The molecule has 0 unspecified atom stereocenters. The van der Waals surface area contributed by atoms with Gasteiger partial charge in [0.15, 0.2) is 11.5 Å². The lowest BCUT2D eigenvalue weighted by molar-refractivity contribution is 0.0774. The number of nitrogens with zero attached hydrogens (tertiary/aromatic N) is 3. The predicted molar refractivity (Wildman–Crippen MR) is 137 cm³/mol. The fraction of sp³-hybridized carbons (Fsp3) is 0.464. The highest BCUT2D eigenvalue weighted by Gasteiger charge is 2.25. The summed E-state index contributed by atoms with van der Waals surface area (Å²) in [5.41, 5.74) is 2.94. The van der Waals surface area contributed by atoms with E-state index in [1.807, 2.05) is 49.5 Å². The van der Waals surface area contributed by atoms with Crippen LogP contribution in [0.4, 0.5) is 0 Å². The largest absolute Gasteiger partial charge is 0.493 e. The number of unbranched alkanes of at least 4 members (excludes halogenated alkanes) is 1. The van der Waals surface area contributed by atoms with E-state index >= 15 is 0 Å². The van der Waals surface area contributed by atoms with Gasteiger partial charge in [-0.25, -0.2) is 4.68 Å². The zero-order chi connectivity index (χ0) is 24.5. The second-order valence-electron chi connectivity index (χ2n) is 8.86. The van der Waals surface area contributed by atoms with Crippen molar-refractivity contribution in [3.05, 3.63) is 60.2 Å². The Morgan fingerprint density at radius 3 is 2.35 bits per heavy atom. The molecule has 1 N–H and O–H groups in total. The molecule has 0 radical (unpaired) electrons. The Balaban J connectivity index is 2.02. The van der Waals surface area contributed by atoms with Crippen LogP contribution in [0.5, 0.6) is 17.4 Å². The van der Waals surface area contributed by atoms with Crippen LogP contribution in [0.1, 0.15) is 52.0 Å². The second-order valence-corrected chi connectivity index (χ2v) is 8.86. The van der Waals surface area contributed by atoms with Crippen LogP contribution in [0.15, 0.2) is 54.6 Å². The molecule has 0 spiro atoms. The molecule has 3 aromatic rings. The van der Waals surface area contributed by atoms with Gasteiger partial charge in [-0.05, 0) is 31.9 Å². The number of ether oxygens (including phenoxy) is 2. The summed E-state index contributed by atoms with van der Waals surface area (Å²) in [6, 6.07) is 18.1. The summed E-state index contributed by atoms with van der Waals surface area (Å²) < 4.78 is 13.8. The third-order valence-electron chi connectivity index (χ3n) is 6.32. The molecular weight excluding hydrogens is 426 g/mol. The Morgan fingerprint density at radius 2 is 1.71 bits per heavy atom. The quantitative estimate of drug-likeness (QED) is 0.333. The lowest BCUT2D eigenvalue weighted by Crippen LogP contribution is -2.38. The number of aryl methyl sites for hydroxylation is 1. The normalized spacial score (nSPS) is 13.1. The van der Waals surface area contributed by atoms with Crippen molar-refractivity contribution in [1.29, 1.82) is 0 Å². The average Bonchev–Trinajstić information content (AvgIpc) is 3.17. The van der Waals surface area contributed by atoms with Gasteiger partial charge in [0.2, 0.25) is 5.88 Å². The lowest BCUT2D eigenvalue weighted by atomic mass is 10.1. The fourth-order valence-electron chi connectivity index (χ4n) is 4.12. The first kappa shape index (κ1) is 25.8. The molecule has 0 aliphatic heterocycles. The number of rotatable bonds is 13. The number of hydrogen-bond donors (Lipinski definition) is 1. The Morgan fingerprint density at radius 1 is 1.03 bits per heavy atom. The van der Waals surface area contributed by atoms with Crippen molar-refractivity contribution in [2.75, 3.05) is 13.7 Å². The van der Waals surface area contributed by atoms with E-state index in [1.54, 1.807) is 11.8 Å². The van der Waals surface area contributed by atoms with Crippen molar-refractivity contribution < 1.29 is 14.6 Å². The molecule has 1 heterocycles. The topological polar surface area (TPSA) is 59.8 Å². The van der Waals surface area contributed by atoms with Gasteiger partial charge in [-0.3, -0.25) is 4.90 Å². The smallest absolute Gasteiger partial charge is 0.222 e. The van der Waals surface area contributed by atoms with E-state index in [0.29, 0.717) is 36.5 Å². The number of methoxy groups -OCH3 is 1. The van der Waals surface area contributed by atoms with Gasteiger partial charge in [0.25, 0.3) is 0 Å². The molecule has 0 fully saturated rings. The number of aliphatic hydroxyl groups excluding tert-OH is 1. The van der Waals surface area contributed by atoms with Crippen LogP contribution in [0.2, 0.25) is 0 Å². The molecule has 0 amide bonds. The van der Waals surface area contributed by atoms with Crippen LogP contribution < -0.4 is 9.47 Å². The van der Waals surface area contributed by atoms with Crippen molar-refractivity contribution in [2.24, 2.45) is 7.05 Å². The maximum atomic E-state index is 10.7. The first-order valence-corrected chi connectivity index (χ1v) is 12.3. The summed E-state index contributed by atoms with van der Waals surface area (Å²) in [5, 5.41) is 15.6. The van der Waals surface area contributed by atoms with E-state index in [9.17, 15) is 5.11 Å². The minimum Gasteiger partial charge on any atom is -0.493 e. The molecular formula is C28H39N3O3. The Hall–Kier alpha value is -2.83. The number of aromatic nitrogens is 2. The first-order valence-electron chi connectivity index (χ1n) is 12.3. The maximum absolute atomic E-state index is 10.7. The molecule has 2 aromatic carbocycles. The van der Waals surface area contributed by atoms with Crippen LogP contribution in [-0.2, 0) is 13.6 Å². The van der Waals surface area contributed by atoms with Crippen molar-refractivity contribution in [2.45, 2.75) is 65.1 Å². The fourth-order valence-corrected chi connectivity index (χ4v) is 4.12. The lowest BCUT2D eigenvalue weighted by Gasteiger charge is -2.30. The van der Waals surface area contributed by atoms with Crippen LogP contribution in [-0.4, -0.2) is 45.6 Å². The molecule has 0 aliphatic carbocycles. The summed E-state index contributed by atoms with van der Waals surface area (Å²) in [5.74, 6) is 2.00. The van der Waals surface area contributed by atoms with E-state index in [4.69, 9.17) is 14.6 Å². The van der Waals surface area contributed by atoms with Gasteiger partial charge in [0.1, 0.15) is 5.69 Å². The number of hydrogen-bond acceptors (Lipinski definition) is 5. The van der Waals surface area contributed by atoms with Crippen molar-refractivity contribution in [3.8, 4) is 28.6 Å². The zero-order valence-corrected chi connectivity index (χ0v) is 21.2. The minimum atomic E-state index is -0.357. The van der Waals surface area contributed by atoms with Gasteiger partial charge >= 0.3 is 0 Å². The Bertz CT molecular complexity index is 1020. The average molecular weight is 466 g/mol. The van der Waals surface area contributed by atoms with Gasteiger partial charge < -0.3 is 14.6 Å². The van der Waals surface area contributed by atoms with Crippen molar-refractivity contribution >= 4 is 0 Å². The van der Waals surface area contributed by atoms with Gasteiger partial charge in [-0.1, -0.05) is 69.2 Å². The van der Waals surface area contributed by atoms with Crippen molar-refractivity contribution in [1.82, 2.24) is 14.7 Å². The second kappa shape index (κ2) is 12.6. The highest BCUT2D eigenvalue weighted by atomic mass is 16.5. The third kappa shape index (κ3) is 6.39. The highest BCUT2D eigenvalue weighted by molar-refractivity contribution is 5.66. The van der Waals surface area contributed by atoms with Gasteiger partial charge in [0, 0.05) is 31.7 Å². The van der Waals surface area contributed by atoms with Gasteiger partial charge in [-0.2, -0.15) is 5.10 Å². The number of aliphatic hydroxyl groups is 1. The third-order valence-corrected chi connectivity index (χ3v) is 6.32. The van der Waals surface area contributed by atoms with Gasteiger partial charge in [-0.15, -0.1) is 0 Å². The summed E-state index contributed by atoms with van der Waals surface area (Å²) in [7, 11) is 3.55. The van der Waals surface area contributed by atoms with Gasteiger partial charge in [0.05, 0.1) is 18.8 Å². The molecule has 184 valence electrons. The monoisotopic (exact) mass is 465 g/mol. The number of benzene rings is 2. The van der Waals surface area contributed by atoms with Crippen LogP contribution in [0, 0.1) is 0 Å². The van der Waals surface area contributed by atoms with Crippen LogP contribution in [0.3, 0.4) is 0 Å². The van der Waals surface area contributed by atoms with E-state index in [2.05, 4.69) is 37.8 Å². The SMILES string of the molecule is CCCC[C@@H](O)CN(Cc1c(-c2ccccc2)nn(C)c1Oc1ccccc1OC)[C@@H](C)CC. The molecule has 34 heavy (non-hydrogen) atoms. The maximum Gasteiger partial charge on any atom is 0.222 e. The Labute approximate surface area is 204 Å². The van der Waals surface area contributed by atoms with Crippen LogP contribution >= 0.6 is 0 Å². The minimum absolute atomic E-state index is 0.305. The molecule has 0 aliphatic rings. The molecule has 6 nitrogen and oxygen atoms in total. The van der Waals surface area contributed by atoms with Crippen molar-refractivity contribution in [3.63, 3.8) is 0 Å². The number of para-hydroxylation sites is 2. The Kier molecular flexibility index (Phi) is 9.54. The predicted octanol–water partition coefficient (Wildman–Crippen LogP) is 6.04. The summed E-state index contributed by atoms with van der Waals surface area (Å²) in [6.07, 6.45) is 3.55. The van der Waals surface area contributed by atoms with Crippen LogP contribution in [0.25, 0.3) is 11.3 Å². The molecule has 6 heteroatoms. The molecule has 2 atom stereocenters. The molecule has 0 saturated heterocycles. The van der Waals surface area contributed by atoms with E-state index < -0.39 is 0 Å². The van der Waals surface area contributed by atoms with E-state index in [-0.39, 0.29) is 6.10 Å². The first-order chi connectivity index (χ1) is 16.5. The molecule has 1 aromatic heterocycles. The summed E-state index contributed by atoms with van der Waals surface area (Å²) in [4.78, 5) is 2.35. The zero-order valence-electron chi connectivity index (χ0n) is 21.2. The van der Waals surface area contributed by atoms with E-state index in [1.165, 1.54) is 0 Å².